The Labute approximate surface area is 731 Å². The zero-order valence-electron chi connectivity index (χ0n) is 67.9. The molecule has 0 aliphatic heterocycles. The monoisotopic (exact) mass is 1820 g/mol. The number of carboxylic acids is 1. The van der Waals surface area contributed by atoms with E-state index >= 15 is 0 Å². The van der Waals surface area contributed by atoms with Gasteiger partial charge in [0, 0.05) is 205 Å². The largest absolute Gasteiger partial charge is 0.495 e. The number of aliphatic hydroxyl groups excluding tert-OH is 1. The Bertz CT molecular complexity index is 6550. The lowest BCUT2D eigenvalue weighted by Crippen LogP contribution is -2.20. The highest BCUT2D eigenvalue weighted by Gasteiger charge is 2.33. The predicted octanol–water partition coefficient (Wildman–Crippen LogP) is 19.6. The van der Waals surface area contributed by atoms with Crippen LogP contribution in [0, 0.1) is 0 Å². The number of pyridine rings is 6. The molecule has 0 saturated carbocycles. The molecule has 1 aliphatic rings. The van der Waals surface area contributed by atoms with Gasteiger partial charge in [0.05, 0.1) is 136 Å². The fourth-order valence-electron chi connectivity index (χ4n) is 14.2. The number of halogens is 6. The van der Waals surface area contributed by atoms with Crippen LogP contribution >= 0.6 is 68.0 Å². The first kappa shape index (κ1) is 90.1. The topological polar surface area (TPSA) is 315 Å². The molecule has 0 bridgehead atoms. The number of carbonyl (C=O) groups excluding carboxylic acids is 3. The molecule has 4 N–H and O–H groups in total. The number of ketones is 2. The summed E-state index contributed by atoms with van der Waals surface area (Å²) in [5.74, 6) is 5.79. The van der Waals surface area contributed by atoms with E-state index in [0.717, 1.165) is 171 Å². The SMILES string of the molecule is COc1c2ccncc2c(OC)c2sc(C(=O)O)cc12.COc1c2ccncc2c(OC)c2sc(C=NCC(F)F)cc12.COc1c2ccncc2c(OC)c2sc(C=O)cc12.COc1c2ccncc2c(OC)c2sc(CNCC(F)F)cc12.COc1c2ccncc2c(OC)c2sc(CO)cc12.O=C1c2ccncc2C(=O)c2sc(CNCC(F)F)cc21. The summed E-state index contributed by atoms with van der Waals surface area (Å²) in [6.07, 6.45) is 15.1. The molecule has 0 fully saturated rings. The van der Waals surface area contributed by atoms with Crippen LogP contribution in [0.15, 0.2) is 152 Å². The van der Waals surface area contributed by atoms with Crippen molar-refractivity contribution in [2.75, 3.05) is 90.7 Å². The number of nitrogens with one attached hydrogen (secondary N) is 2. The molecule has 646 valence electrons. The number of hydrogen-bond acceptors (Lipinski definition) is 30. The van der Waals surface area contributed by atoms with Crippen LogP contribution in [0.4, 0.5) is 26.3 Å². The number of aliphatic imine (C=N–C) groups is 1. The van der Waals surface area contributed by atoms with Crippen LogP contribution in [0.3, 0.4) is 0 Å². The normalized spacial score (nSPS) is 11.6. The lowest BCUT2D eigenvalue weighted by atomic mass is 9.90. The Morgan fingerprint density at radius 2 is 0.728 bits per heavy atom. The van der Waals surface area contributed by atoms with Crippen LogP contribution in [0.2, 0.25) is 0 Å². The van der Waals surface area contributed by atoms with E-state index in [0.29, 0.717) is 60.9 Å². The number of ether oxygens (including phenoxy) is 10. The number of carboxylic acid groups (broad SMARTS) is 1. The number of alkyl halides is 6. The minimum Gasteiger partial charge on any atom is -0.495 e. The highest BCUT2D eigenvalue weighted by Crippen LogP contribution is 2.52. The van der Waals surface area contributed by atoms with Gasteiger partial charge in [-0.2, -0.15) is 0 Å². The molecule has 1 aliphatic carbocycles. The summed E-state index contributed by atoms with van der Waals surface area (Å²) >= 11 is 8.15. The van der Waals surface area contributed by atoms with Crippen molar-refractivity contribution in [3.63, 3.8) is 0 Å². The number of nitrogens with zero attached hydrogens (tertiary/aromatic N) is 7. The van der Waals surface area contributed by atoms with E-state index in [9.17, 15) is 50.6 Å². The first-order valence-corrected chi connectivity index (χ1v) is 42.3. The van der Waals surface area contributed by atoms with Gasteiger partial charge in [0.2, 0.25) is 5.78 Å². The van der Waals surface area contributed by atoms with Gasteiger partial charge in [-0.3, -0.25) is 49.3 Å². The first-order valence-electron chi connectivity index (χ1n) is 37.4. The smallest absolute Gasteiger partial charge is 0.345 e. The van der Waals surface area contributed by atoms with Crippen LogP contribution in [0.1, 0.15) is 70.0 Å². The Balaban J connectivity index is 0.000000129. The number of fused-ring (bicyclic) bond motifs is 12. The van der Waals surface area contributed by atoms with Crippen molar-refractivity contribution < 1.29 is 103 Å². The molecule has 5 aromatic carbocycles. The molecule has 37 heteroatoms. The molecular formula is C88H75F6N9O16S6. The minimum absolute atomic E-state index is 0.0141. The molecule has 125 heavy (non-hydrogen) atoms. The van der Waals surface area contributed by atoms with E-state index in [-0.39, 0.29) is 36.1 Å². The maximum absolute atomic E-state index is 12.3. The predicted molar refractivity (Wildman–Crippen MR) is 479 cm³/mol. The third-order valence-corrected chi connectivity index (χ3v) is 26.0. The number of hydrogen-bond donors (Lipinski definition) is 4. The van der Waals surface area contributed by atoms with Crippen molar-refractivity contribution >= 4 is 202 Å². The molecular weight excluding hydrogens is 1750 g/mol. The second-order valence-corrected chi connectivity index (χ2v) is 33.2. The zero-order valence-corrected chi connectivity index (χ0v) is 72.8. The Kier molecular flexibility index (Phi) is 29.4. The number of aromatic carboxylic acids is 1. The molecule has 0 unspecified atom stereocenters. The lowest BCUT2D eigenvalue weighted by molar-refractivity contribution is 0.0701. The van der Waals surface area contributed by atoms with Crippen LogP contribution in [-0.4, -0.2) is 180 Å². The molecule has 12 heterocycles. The van der Waals surface area contributed by atoms with E-state index < -0.39 is 38.3 Å². The molecule has 0 atom stereocenters. The molecule has 25 nitrogen and oxygen atoms in total. The summed E-state index contributed by atoms with van der Waals surface area (Å²) in [7, 11) is 16.1. The molecule has 0 spiro atoms. The van der Waals surface area contributed by atoms with E-state index in [4.69, 9.17) is 52.5 Å². The summed E-state index contributed by atoms with van der Waals surface area (Å²) in [6.45, 7) is -0.653. The highest BCUT2D eigenvalue weighted by atomic mass is 32.1. The summed E-state index contributed by atoms with van der Waals surface area (Å²) in [5, 5.41) is 37.1. The zero-order chi connectivity index (χ0) is 88.9. The number of aldehydes is 1. The summed E-state index contributed by atoms with van der Waals surface area (Å²) in [4.78, 5) is 79.7. The molecule has 0 amide bonds. The van der Waals surface area contributed by atoms with Gasteiger partial charge in [0.15, 0.2) is 12.1 Å². The van der Waals surface area contributed by atoms with Gasteiger partial charge in [-0.15, -0.1) is 68.0 Å². The van der Waals surface area contributed by atoms with Crippen LogP contribution in [-0.2, 0) is 19.7 Å². The summed E-state index contributed by atoms with van der Waals surface area (Å²) in [5.41, 5.74) is 0.980. The Hall–Kier alpha value is -12.6. The van der Waals surface area contributed by atoms with Crippen molar-refractivity contribution in [3.05, 3.63) is 198 Å². The number of methoxy groups -OCH3 is 10. The third kappa shape index (κ3) is 18.7. The van der Waals surface area contributed by atoms with E-state index in [1.807, 2.05) is 54.6 Å². The van der Waals surface area contributed by atoms with Crippen molar-refractivity contribution in [1.82, 2.24) is 40.5 Å². The van der Waals surface area contributed by atoms with Crippen LogP contribution in [0.25, 0.3) is 104 Å². The van der Waals surface area contributed by atoms with Crippen molar-refractivity contribution in [3.8, 4) is 57.5 Å². The average molecular weight is 1820 g/mol. The summed E-state index contributed by atoms with van der Waals surface area (Å²) < 4.78 is 133. The maximum atomic E-state index is 12.3. The number of rotatable bonds is 24. The van der Waals surface area contributed by atoms with Crippen molar-refractivity contribution in [2.45, 2.75) is 39.0 Å². The molecule has 18 rings (SSSR count). The first-order chi connectivity index (χ1) is 60.6. The molecule has 12 aromatic heterocycles. The van der Waals surface area contributed by atoms with Gasteiger partial charge in [-0.25, -0.2) is 31.1 Å². The quantitative estimate of drug-likeness (QED) is 0.0248. The summed E-state index contributed by atoms with van der Waals surface area (Å²) in [6, 6.07) is 21.7. The third-order valence-electron chi connectivity index (χ3n) is 19.3. The van der Waals surface area contributed by atoms with Crippen LogP contribution < -0.4 is 58.0 Å². The maximum Gasteiger partial charge on any atom is 0.345 e. The van der Waals surface area contributed by atoms with Gasteiger partial charge in [-0.1, -0.05) is 0 Å². The standard InChI is InChI=1S/C16H16F2N2O2S.C16H14F2N2O2S.C14H10F2N2O2S.C14H11NO4S.C14H13NO3S.C14H11NO3S/c2*1-21-14-10-3-4-19-7-12(10)15(22-2)16-11(14)5-9(23-16)6-20-8-13(17)18;15-11(16)6-18-4-7-3-9-12(19)8-1-2-17-5-10(8)13(20)14(9)21-7;1-18-11-7-3-4-15-6-9(7)12(19-2)13-8(11)5-10(20-13)14(16)17;2*1-17-12-9-3-4-15-6-11(9)13(18-2)14-10(12)5-8(7-16)19-14/h3-5,7,13,20H,6,8H2,1-2H3;3-7,13H,8H2,1-2H3;1-3,5,11,18H,4,6H2;3-6H,1-2H3,(H,16,17);3-6,16H,7H2,1-2H3;3-7H,1-2H3. The highest BCUT2D eigenvalue weighted by molar-refractivity contribution is 7.22. The fraction of sp³-hybridized carbons (Fsp3) is 0.216. The van der Waals surface area contributed by atoms with Gasteiger partial charge in [0.25, 0.3) is 19.3 Å². The average Bonchev–Trinajstić information content (AvgIpc) is 1.48. The number of thiophene rings is 6. The van der Waals surface area contributed by atoms with Crippen molar-refractivity contribution in [2.24, 2.45) is 4.99 Å². The van der Waals surface area contributed by atoms with E-state index in [2.05, 4.69) is 45.5 Å². The van der Waals surface area contributed by atoms with Gasteiger partial charge < -0.3 is 68.2 Å². The second kappa shape index (κ2) is 40.8. The molecule has 0 saturated heterocycles. The Morgan fingerprint density at radius 1 is 0.384 bits per heavy atom. The number of aliphatic hydroxyl groups is 1. The number of aromatic nitrogens is 6. The van der Waals surface area contributed by atoms with E-state index in [1.165, 1.54) is 81.4 Å². The molecule has 0 radical (unpaired) electrons. The fourth-order valence-corrected chi connectivity index (χ4v) is 20.6. The lowest BCUT2D eigenvalue weighted by Gasteiger charge is -2.12. The van der Waals surface area contributed by atoms with Crippen LogP contribution in [0.5, 0.6) is 57.5 Å². The van der Waals surface area contributed by atoms with Gasteiger partial charge >= 0.3 is 5.97 Å². The van der Waals surface area contributed by atoms with Crippen molar-refractivity contribution in [1.29, 1.82) is 0 Å². The number of carbonyl (C=O) groups is 4. The minimum atomic E-state index is -2.45. The Morgan fingerprint density at radius 3 is 1.11 bits per heavy atom. The molecule has 17 aromatic rings. The van der Waals surface area contributed by atoms with Gasteiger partial charge in [-0.05, 0) is 72.8 Å². The second-order valence-electron chi connectivity index (χ2n) is 26.5. The van der Waals surface area contributed by atoms with E-state index in [1.54, 1.807) is 145 Å². The number of benzene rings is 5. The van der Waals surface area contributed by atoms with Gasteiger partial charge in [0.1, 0.15) is 62.4 Å².